The van der Waals surface area contributed by atoms with Crippen LogP contribution < -0.4 is 0 Å². The van der Waals surface area contributed by atoms with E-state index in [1.807, 2.05) is 0 Å². The van der Waals surface area contributed by atoms with E-state index in [2.05, 4.69) is 13.8 Å². The summed E-state index contributed by atoms with van der Waals surface area (Å²) in [6.45, 7) is 4.38. The van der Waals surface area contributed by atoms with E-state index in [1.165, 1.54) is 59.1 Å². The van der Waals surface area contributed by atoms with Gasteiger partial charge in [-0.1, -0.05) is 32.6 Å². The molecular formula is C12H26O2Sn. The molecule has 0 heterocycles. The average molecular weight is 321 g/mol. The van der Waals surface area contributed by atoms with E-state index in [0.29, 0.717) is 6.42 Å². The molecule has 2 nitrogen and oxygen atoms in total. The van der Waals surface area contributed by atoms with E-state index in [9.17, 15) is 4.79 Å². The van der Waals surface area contributed by atoms with Gasteiger partial charge in [0.1, 0.15) is 0 Å². The maximum atomic E-state index is 10.0. The van der Waals surface area contributed by atoms with E-state index in [1.54, 1.807) is 0 Å². The van der Waals surface area contributed by atoms with Gasteiger partial charge in [0.2, 0.25) is 0 Å². The first-order valence-corrected chi connectivity index (χ1v) is 8.43. The van der Waals surface area contributed by atoms with Gasteiger partial charge < -0.3 is 5.11 Å². The summed E-state index contributed by atoms with van der Waals surface area (Å²) >= 11 is 1.45. The Morgan fingerprint density at radius 1 is 1.00 bits per heavy atom. The third kappa shape index (κ3) is 25.0. The van der Waals surface area contributed by atoms with E-state index < -0.39 is 5.97 Å². The summed E-state index contributed by atoms with van der Waals surface area (Å²) < 4.78 is 1.47. The molecule has 0 aromatic carbocycles. The molecule has 0 aromatic rings. The molecule has 0 fully saturated rings. The predicted octanol–water partition coefficient (Wildman–Crippen LogP) is 3.54. The van der Waals surface area contributed by atoms with Crippen molar-refractivity contribution in [1.29, 1.82) is 0 Å². The van der Waals surface area contributed by atoms with Crippen molar-refractivity contribution in [3.8, 4) is 0 Å². The van der Waals surface area contributed by atoms with Crippen LogP contribution >= 0.6 is 0 Å². The number of carboxylic acids is 1. The van der Waals surface area contributed by atoms with Crippen LogP contribution in [0.15, 0.2) is 0 Å². The summed E-state index contributed by atoms with van der Waals surface area (Å²) in [5.74, 6) is -0.670. The Hall–Kier alpha value is 0.269. The monoisotopic (exact) mass is 322 g/mol. The van der Waals surface area contributed by atoms with E-state index in [0.717, 1.165) is 12.8 Å². The summed E-state index contributed by atoms with van der Waals surface area (Å²) in [6, 6.07) is 0. The van der Waals surface area contributed by atoms with Crippen LogP contribution in [-0.2, 0) is 4.79 Å². The number of carbonyl (C=O) groups is 1. The van der Waals surface area contributed by atoms with E-state index in [-0.39, 0.29) is 0 Å². The van der Waals surface area contributed by atoms with Crippen LogP contribution in [0.4, 0.5) is 0 Å². The molecule has 0 saturated heterocycles. The second-order valence-electron chi connectivity index (χ2n) is 3.70. The fourth-order valence-corrected chi connectivity index (χ4v) is 2.25. The number of hydrogen-bond acceptors (Lipinski definition) is 1. The Kier molecular flexibility index (Phi) is 19.6. The molecular weight excluding hydrogens is 295 g/mol. The van der Waals surface area contributed by atoms with Crippen LogP contribution in [0.1, 0.15) is 65.2 Å². The summed E-state index contributed by atoms with van der Waals surface area (Å²) in [6.07, 6.45) is 8.71. The second kappa shape index (κ2) is 16.7. The molecule has 0 aliphatic carbocycles. The van der Waals surface area contributed by atoms with E-state index >= 15 is 0 Å². The molecule has 0 saturated carbocycles. The van der Waals surface area contributed by atoms with Gasteiger partial charge in [-0.2, -0.15) is 0 Å². The van der Waals surface area contributed by atoms with Crippen LogP contribution in [0.5, 0.6) is 0 Å². The Bertz CT molecular complexity index is 125. The molecule has 0 spiro atoms. The Labute approximate surface area is 108 Å². The standard InChI is InChI=1S/C8H16O2.C4H9.Sn.H/c1-2-3-4-5-6-7-8(9)10;1-3-4-2;;/h2-7H2,1H3,(H,9,10);1,3-4H2,2H3;;. The Balaban J connectivity index is 0. The molecule has 0 aliphatic rings. The van der Waals surface area contributed by atoms with Crippen LogP contribution in [0.2, 0.25) is 4.44 Å². The molecule has 0 amide bonds. The molecule has 2 radical (unpaired) electrons. The van der Waals surface area contributed by atoms with Gasteiger partial charge >= 0.3 is 52.7 Å². The van der Waals surface area contributed by atoms with Crippen molar-refractivity contribution in [2.45, 2.75) is 69.7 Å². The SMILES string of the molecule is CCCCCCCC(=O)O.CCC[CH2][SnH]. The Morgan fingerprint density at radius 3 is 1.87 bits per heavy atom. The number of rotatable bonds is 8. The normalized spacial score (nSPS) is 9.27. The van der Waals surface area contributed by atoms with Crippen LogP contribution in [0.25, 0.3) is 0 Å². The van der Waals surface area contributed by atoms with Crippen molar-refractivity contribution in [3.63, 3.8) is 0 Å². The number of unbranched alkanes of at least 4 members (excludes halogenated alkanes) is 5. The topological polar surface area (TPSA) is 37.3 Å². The van der Waals surface area contributed by atoms with Crippen molar-refractivity contribution >= 4 is 28.5 Å². The minimum atomic E-state index is -0.670. The first-order chi connectivity index (χ1) is 7.18. The molecule has 3 heteroatoms. The number of aliphatic carboxylic acids is 1. The fourth-order valence-electron chi connectivity index (χ4n) is 1.08. The van der Waals surface area contributed by atoms with Crippen LogP contribution in [-0.4, -0.2) is 33.6 Å². The third-order valence-corrected chi connectivity index (χ3v) is 3.22. The molecule has 0 aliphatic heterocycles. The van der Waals surface area contributed by atoms with Crippen molar-refractivity contribution in [2.24, 2.45) is 0 Å². The first kappa shape index (κ1) is 17.7. The van der Waals surface area contributed by atoms with Gasteiger partial charge in [-0.05, 0) is 6.42 Å². The van der Waals surface area contributed by atoms with Crippen molar-refractivity contribution < 1.29 is 9.90 Å². The van der Waals surface area contributed by atoms with Gasteiger partial charge in [-0.3, -0.25) is 4.79 Å². The molecule has 90 valence electrons. The quantitative estimate of drug-likeness (QED) is 0.548. The van der Waals surface area contributed by atoms with Gasteiger partial charge in [0.05, 0.1) is 0 Å². The first-order valence-electron chi connectivity index (χ1n) is 6.10. The molecule has 0 aromatic heterocycles. The zero-order valence-electron chi connectivity index (χ0n) is 10.3. The van der Waals surface area contributed by atoms with Crippen LogP contribution in [0, 0.1) is 0 Å². The molecule has 15 heavy (non-hydrogen) atoms. The average Bonchev–Trinajstić information content (AvgIpc) is 2.19. The predicted molar refractivity (Wildman–Crippen MR) is 67.9 cm³/mol. The zero-order chi connectivity index (χ0) is 11.9. The number of hydrogen-bond donors (Lipinski definition) is 1. The van der Waals surface area contributed by atoms with Crippen LogP contribution in [0.3, 0.4) is 0 Å². The molecule has 0 unspecified atom stereocenters. The maximum absolute atomic E-state index is 10.0. The minimum absolute atomic E-state index is 0.337. The van der Waals surface area contributed by atoms with Crippen molar-refractivity contribution in [3.05, 3.63) is 0 Å². The van der Waals surface area contributed by atoms with Crippen molar-refractivity contribution in [1.82, 2.24) is 0 Å². The molecule has 0 rings (SSSR count). The van der Waals surface area contributed by atoms with Gasteiger partial charge in [0.25, 0.3) is 0 Å². The zero-order valence-corrected chi connectivity index (χ0v) is 13.6. The molecule has 0 bridgehead atoms. The molecule has 0 atom stereocenters. The molecule has 1 N–H and O–H groups in total. The van der Waals surface area contributed by atoms with Gasteiger partial charge in [0, 0.05) is 6.42 Å². The van der Waals surface area contributed by atoms with Crippen molar-refractivity contribution in [2.75, 3.05) is 0 Å². The van der Waals surface area contributed by atoms with Gasteiger partial charge in [0.15, 0.2) is 0 Å². The fraction of sp³-hybridized carbons (Fsp3) is 0.917. The van der Waals surface area contributed by atoms with Gasteiger partial charge in [-0.25, -0.2) is 0 Å². The Morgan fingerprint density at radius 2 is 1.53 bits per heavy atom. The number of carboxylic acid groups (broad SMARTS) is 1. The van der Waals surface area contributed by atoms with Gasteiger partial charge in [-0.15, -0.1) is 0 Å². The second-order valence-corrected chi connectivity index (χ2v) is 5.35. The summed E-state index contributed by atoms with van der Waals surface area (Å²) in [7, 11) is 0. The summed E-state index contributed by atoms with van der Waals surface area (Å²) in [5, 5.41) is 8.27. The van der Waals surface area contributed by atoms with E-state index in [4.69, 9.17) is 5.11 Å². The third-order valence-electron chi connectivity index (χ3n) is 2.05. The summed E-state index contributed by atoms with van der Waals surface area (Å²) in [5.41, 5.74) is 0. The summed E-state index contributed by atoms with van der Waals surface area (Å²) in [4.78, 5) is 10.0.